The van der Waals surface area contributed by atoms with Gasteiger partial charge in [0.1, 0.15) is 12.4 Å². The van der Waals surface area contributed by atoms with Gasteiger partial charge in [0.25, 0.3) is 0 Å². The van der Waals surface area contributed by atoms with E-state index in [9.17, 15) is 0 Å². The molecule has 6 nitrogen and oxygen atoms in total. The van der Waals surface area contributed by atoms with Crippen LogP contribution in [0.5, 0.6) is 0 Å². The second-order valence-corrected chi connectivity index (χ2v) is 4.34. The number of hydrogen-bond donors (Lipinski definition) is 2. The lowest BCUT2D eigenvalue weighted by Crippen LogP contribution is -2.30. The van der Waals surface area contributed by atoms with Crippen LogP contribution < -0.4 is 16.0 Å². The lowest BCUT2D eigenvalue weighted by Gasteiger charge is -1.98. The molecule has 0 radical (unpaired) electrons. The molecule has 0 atom stereocenters. The van der Waals surface area contributed by atoms with Gasteiger partial charge in [0, 0.05) is 0 Å². The zero-order chi connectivity index (χ0) is 15.6. The molecule has 4 N–H and O–H groups in total. The highest BCUT2D eigenvalue weighted by atomic mass is 15.1. The van der Waals surface area contributed by atoms with Gasteiger partial charge in [0.05, 0.1) is 13.6 Å². The third kappa shape index (κ3) is 15.8. The molecule has 0 fully saturated rings. The summed E-state index contributed by atoms with van der Waals surface area (Å²) in [6, 6.07) is 0. The van der Waals surface area contributed by atoms with Gasteiger partial charge in [-0.1, -0.05) is 32.6 Å². The summed E-state index contributed by atoms with van der Waals surface area (Å²) >= 11 is 0. The van der Waals surface area contributed by atoms with Crippen molar-refractivity contribution in [1.82, 2.24) is 4.57 Å². The summed E-state index contributed by atoms with van der Waals surface area (Å²) in [6.07, 6.45) is 17.1. The number of nitriles is 2. The van der Waals surface area contributed by atoms with E-state index in [2.05, 4.69) is 53.3 Å². The Labute approximate surface area is 122 Å². The van der Waals surface area contributed by atoms with E-state index >= 15 is 0 Å². The molecule has 1 aromatic heterocycles. The summed E-state index contributed by atoms with van der Waals surface area (Å²) in [5.41, 5.74) is 8.31. The van der Waals surface area contributed by atoms with Gasteiger partial charge in [0.15, 0.2) is 12.4 Å². The average molecular weight is 279 g/mol. The maximum absolute atomic E-state index is 7.10. The number of nitrogens with two attached hydrogens (primary N) is 2. The highest BCUT2D eigenvalue weighted by molar-refractivity contribution is 4.61. The fraction of sp³-hybridized carbons (Fsp3) is 0.643. The zero-order valence-electron chi connectivity index (χ0n) is 12.6. The smallest absolute Gasteiger partial charge is 0.243 e. The highest BCUT2D eigenvalue weighted by Crippen LogP contribution is 2.04. The first-order valence-electron chi connectivity index (χ1n) is 6.86. The normalized spacial score (nSPS) is 8.20. The van der Waals surface area contributed by atoms with Crippen LogP contribution in [0.25, 0.3) is 0 Å². The molecule has 0 spiro atoms. The summed E-state index contributed by atoms with van der Waals surface area (Å²) in [5.74, 6) is 0. The molecule has 0 aliphatic rings. The molecule has 0 aliphatic heterocycles. The van der Waals surface area contributed by atoms with E-state index in [4.69, 9.17) is 10.5 Å². The maximum Gasteiger partial charge on any atom is 0.243 e. The summed E-state index contributed by atoms with van der Waals surface area (Å²) in [5, 5.41) is 14.2. The van der Waals surface area contributed by atoms with Crippen molar-refractivity contribution in [3.8, 4) is 12.4 Å². The molecule has 0 saturated carbocycles. The summed E-state index contributed by atoms with van der Waals surface area (Å²) < 4.78 is 4.36. The Bertz CT molecular complexity index is 373. The van der Waals surface area contributed by atoms with Crippen molar-refractivity contribution in [2.75, 3.05) is 0 Å². The van der Waals surface area contributed by atoms with Crippen molar-refractivity contribution in [3.63, 3.8) is 0 Å². The molecule has 0 aliphatic carbocycles. The minimum absolute atomic E-state index is 1.17. The summed E-state index contributed by atoms with van der Waals surface area (Å²) in [7, 11) is 2.07. The van der Waals surface area contributed by atoms with Crippen LogP contribution in [0.15, 0.2) is 18.7 Å². The SMILES string of the molecule is CCCCCCCC[n+]1ccn(C)c1.N#CN.N#CN. The van der Waals surface area contributed by atoms with Crippen LogP contribution in [0.4, 0.5) is 0 Å². The first-order chi connectivity index (χ1) is 9.65. The molecular weight excluding hydrogens is 252 g/mol. The molecular formula is C14H27N6+. The highest BCUT2D eigenvalue weighted by Gasteiger charge is 1.98. The second-order valence-electron chi connectivity index (χ2n) is 4.34. The van der Waals surface area contributed by atoms with Crippen molar-refractivity contribution >= 4 is 0 Å². The van der Waals surface area contributed by atoms with Crippen LogP contribution >= 0.6 is 0 Å². The standard InChI is InChI=1S/C12H23N2.2CH2N2/c1-3-4-5-6-7-8-9-14-11-10-13(2)12-14;2*2-1-3/h10-12H,3-9H2,1-2H3;2*2H2/q+1;;. The fourth-order valence-corrected chi connectivity index (χ4v) is 1.71. The van der Waals surface area contributed by atoms with E-state index in [0.717, 1.165) is 0 Å². The van der Waals surface area contributed by atoms with Crippen molar-refractivity contribution < 1.29 is 4.57 Å². The summed E-state index contributed by atoms with van der Waals surface area (Å²) in [6.45, 7) is 3.44. The molecule has 1 rings (SSSR count). The van der Waals surface area contributed by atoms with Crippen LogP contribution in [0.1, 0.15) is 45.4 Å². The van der Waals surface area contributed by atoms with E-state index in [-0.39, 0.29) is 0 Å². The first-order valence-corrected chi connectivity index (χ1v) is 6.86. The predicted octanol–water partition coefficient (Wildman–Crippen LogP) is 1.53. The van der Waals surface area contributed by atoms with Crippen LogP contribution in [0, 0.1) is 22.9 Å². The topological polar surface area (TPSA) is 108 Å². The Kier molecular flexibility index (Phi) is 16.9. The molecule has 20 heavy (non-hydrogen) atoms. The van der Waals surface area contributed by atoms with E-state index in [1.807, 2.05) is 0 Å². The second kappa shape index (κ2) is 16.8. The molecule has 0 unspecified atom stereocenters. The number of imidazole rings is 1. The van der Waals surface area contributed by atoms with E-state index in [1.54, 1.807) is 0 Å². The molecule has 112 valence electrons. The predicted molar refractivity (Wildman–Crippen MR) is 78.6 cm³/mol. The lowest BCUT2D eigenvalue weighted by molar-refractivity contribution is -0.696. The zero-order valence-corrected chi connectivity index (χ0v) is 12.6. The Balaban J connectivity index is 0. The van der Waals surface area contributed by atoms with Gasteiger partial charge in [-0.2, -0.15) is 10.5 Å². The molecule has 1 aromatic rings. The van der Waals surface area contributed by atoms with E-state index in [1.165, 1.54) is 57.5 Å². The Hall–Kier alpha value is -2.21. The lowest BCUT2D eigenvalue weighted by atomic mass is 10.1. The first kappa shape index (κ1) is 20.1. The molecule has 6 heteroatoms. The third-order valence-corrected chi connectivity index (χ3v) is 2.59. The fourth-order valence-electron chi connectivity index (χ4n) is 1.71. The molecule has 0 saturated heterocycles. The number of unbranched alkanes of at least 4 members (excludes halogenated alkanes) is 5. The minimum atomic E-state index is 1.17. The maximum atomic E-state index is 7.10. The van der Waals surface area contributed by atoms with Gasteiger partial charge in [0.2, 0.25) is 6.33 Å². The number of nitrogens with zero attached hydrogens (tertiary/aromatic N) is 4. The van der Waals surface area contributed by atoms with Gasteiger partial charge in [-0.15, -0.1) is 0 Å². The van der Waals surface area contributed by atoms with Gasteiger partial charge in [-0.3, -0.25) is 0 Å². The van der Waals surface area contributed by atoms with Crippen LogP contribution in [-0.4, -0.2) is 4.57 Å². The quantitative estimate of drug-likeness (QED) is 0.341. The average Bonchev–Trinajstić information content (AvgIpc) is 2.81. The van der Waals surface area contributed by atoms with Crippen LogP contribution in [-0.2, 0) is 13.6 Å². The number of rotatable bonds is 7. The van der Waals surface area contributed by atoms with Gasteiger partial charge >= 0.3 is 0 Å². The molecule has 0 aromatic carbocycles. The Morgan fingerprint density at radius 3 is 2.00 bits per heavy atom. The minimum Gasteiger partial charge on any atom is -0.337 e. The molecule has 0 amide bonds. The van der Waals surface area contributed by atoms with Gasteiger partial charge < -0.3 is 11.5 Å². The monoisotopic (exact) mass is 279 g/mol. The van der Waals surface area contributed by atoms with E-state index in [0.29, 0.717) is 0 Å². The summed E-state index contributed by atoms with van der Waals surface area (Å²) in [4.78, 5) is 0. The molecule has 0 bridgehead atoms. The molecule has 1 heterocycles. The van der Waals surface area contributed by atoms with Gasteiger partial charge in [-0.05, 0) is 12.8 Å². The van der Waals surface area contributed by atoms with Crippen LogP contribution in [0.3, 0.4) is 0 Å². The Morgan fingerprint density at radius 1 is 1.05 bits per heavy atom. The number of aryl methyl sites for hydroxylation is 2. The third-order valence-electron chi connectivity index (χ3n) is 2.59. The number of hydrogen-bond acceptors (Lipinski definition) is 4. The van der Waals surface area contributed by atoms with Crippen molar-refractivity contribution in [3.05, 3.63) is 18.7 Å². The van der Waals surface area contributed by atoms with Crippen molar-refractivity contribution in [2.45, 2.75) is 52.0 Å². The van der Waals surface area contributed by atoms with Crippen LogP contribution in [0.2, 0.25) is 0 Å². The van der Waals surface area contributed by atoms with Crippen molar-refractivity contribution in [2.24, 2.45) is 18.5 Å². The largest absolute Gasteiger partial charge is 0.337 e. The van der Waals surface area contributed by atoms with Gasteiger partial charge in [-0.25, -0.2) is 9.13 Å². The van der Waals surface area contributed by atoms with E-state index < -0.39 is 0 Å². The number of aromatic nitrogens is 2. The van der Waals surface area contributed by atoms with Crippen molar-refractivity contribution in [1.29, 1.82) is 10.5 Å². The Morgan fingerprint density at radius 2 is 1.55 bits per heavy atom.